The van der Waals surface area contributed by atoms with Crippen molar-refractivity contribution in [2.24, 2.45) is 0 Å². The number of methoxy groups -OCH3 is 1. The number of carbonyl (C=O) groups excluding carboxylic acids is 1. The lowest BCUT2D eigenvalue weighted by Crippen LogP contribution is -2.37. The molecule has 0 atom stereocenters. The van der Waals surface area contributed by atoms with E-state index >= 15 is 0 Å². The van der Waals surface area contributed by atoms with Crippen LogP contribution >= 0.6 is 0 Å². The van der Waals surface area contributed by atoms with Crippen LogP contribution in [0.5, 0.6) is 5.75 Å². The Kier molecular flexibility index (Phi) is 3.91. The van der Waals surface area contributed by atoms with E-state index in [1.807, 2.05) is 29.2 Å². The molecule has 0 bridgehead atoms. The van der Waals surface area contributed by atoms with Crippen molar-refractivity contribution < 1.29 is 9.53 Å². The SMILES string of the molecule is COc1cccc(CC(=O)N2CCc3cnc(N)nc3C2)c1. The van der Waals surface area contributed by atoms with Gasteiger partial charge in [0.1, 0.15) is 5.75 Å². The summed E-state index contributed by atoms with van der Waals surface area (Å²) in [6, 6.07) is 7.57. The molecule has 1 aromatic heterocycles. The lowest BCUT2D eigenvalue weighted by atomic mass is 10.1. The molecule has 0 radical (unpaired) electrons. The van der Waals surface area contributed by atoms with Gasteiger partial charge < -0.3 is 15.4 Å². The lowest BCUT2D eigenvalue weighted by Gasteiger charge is -2.28. The maximum atomic E-state index is 12.5. The van der Waals surface area contributed by atoms with Gasteiger partial charge >= 0.3 is 0 Å². The third-order valence-corrected chi connectivity index (χ3v) is 3.81. The fraction of sp³-hybridized carbons (Fsp3) is 0.312. The first-order valence-corrected chi connectivity index (χ1v) is 7.16. The fourth-order valence-electron chi connectivity index (χ4n) is 2.60. The molecule has 6 nitrogen and oxygen atoms in total. The molecule has 0 aliphatic carbocycles. The number of nitrogens with zero attached hydrogens (tertiary/aromatic N) is 3. The third-order valence-electron chi connectivity index (χ3n) is 3.81. The highest BCUT2D eigenvalue weighted by molar-refractivity contribution is 5.79. The number of nitrogens with two attached hydrogens (primary N) is 1. The number of hydrogen-bond acceptors (Lipinski definition) is 5. The van der Waals surface area contributed by atoms with Crippen molar-refractivity contribution in [2.45, 2.75) is 19.4 Å². The monoisotopic (exact) mass is 298 g/mol. The van der Waals surface area contributed by atoms with Gasteiger partial charge in [-0.2, -0.15) is 0 Å². The molecule has 2 heterocycles. The summed E-state index contributed by atoms with van der Waals surface area (Å²) in [5, 5.41) is 0. The van der Waals surface area contributed by atoms with Gasteiger partial charge in [0.15, 0.2) is 0 Å². The zero-order valence-corrected chi connectivity index (χ0v) is 12.5. The fourth-order valence-corrected chi connectivity index (χ4v) is 2.60. The number of amides is 1. The first-order valence-electron chi connectivity index (χ1n) is 7.16. The minimum Gasteiger partial charge on any atom is -0.497 e. The van der Waals surface area contributed by atoms with Gasteiger partial charge in [-0.25, -0.2) is 9.97 Å². The molecule has 0 spiro atoms. The molecule has 114 valence electrons. The molecule has 22 heavy (non-hydrogen) atoms. The molecule has 3 rings (SSSR count). The van der Waals surface area contributed by atoms with Gasteiger partial charge in [-0.15, -0.1) is 0 Å². The van der Waals surface area contributed by atoms with Gasteiger partial charge in [-0.05, 0) is 29.7 Å². The number of fused-ring (bicyclic) bond motifs is 1. The Labute approximate surface area is 128 Å². The Hall–Kier alpha value is -2.63. The van der Waals surface area contributed by atoms with Gasteiger partial charge in [0.25, 0.3) is 0 Å². The smallest absolute Gasteiger partial charge is 0.227 e. The first-order chi connectivity index (χ1) is 10.7. The van der Waals surface area contributed by atoms with E-state index in [1.165, 1.54) is 0 Å². The first kappa shape index (κ1) is 14.3. The molecule has 1 amide bonds. The summed E-state index contributed by atoms with van der Waals surface area (Å²) in [4.78, 5) is 22.5. The van der Waals surface area contributed by atoms with Crippen molar-refractivity contribution in [3.05, 3.63) is 47.3 Å². The van der Waals surface area contributed by atoms with E-state index in [4.69, 9.17) is 10.5 Å². The number of ether oxygens (including phenoxy) is 1. The quantitative estimate of drug-likeness (QED) is 0.920. The van der Waals surface area contributed by atoms with E-state index in [0.717, 1.165) is 29.0 Å². The van der Waals surface area contributed by atoms with E-state index in [2.05, 4.69) is 9.97 Å². The molecular formula is C16H18N4O2. The molecule has 0 saturated heterocycles. The molecule has 1 aliphatic rings. The van der Waals surface area contributed by atoms with Crippen LogP contribution in [0.3, 0.4) is 0 Å². The van der Waals surface area contributed by atoms with Crippen molar-refractivity contribution in [1.82, 2.24) is 14.9 Å². The van der Waals surface area contributed by atoms with Gasteiger partial charge in [0.2, 0.25) is 11.9 Å². The predicted octanol–water partition coefficient (Wildman–Crippen LogP) is 1.19. The summed E-state index contributed by atoms with van der Waals surface area (Å²) < 4.78 is 5.19. The van der Waals surface area contributed by atoms with Crippen molar-refractivity contribution >= 4 is 11.9 Å². The Bertz CT molecular complexity index is 702. The molecule has 0 unspecified atom stereocenters. The van der Waals surface area contributed by atoms with Crippen LogP contribution in [-0.2, 0) is 24.2 Å². The number of carbonyl (C=O) groups is 1. The van der Waals surface area contributed by atoms with E-state index in [1.54, 1.807) is 13.3 Å². The second kappa shape index (κ2) is 6.01. The van der Waals surface area contributed by atoms with Crippen LogP contribution in [0.4, 0.5) is 5.95 Å². The molecule has 2 aromatic rings. The lowest BCUT2D eigenvalue weighted by molar-refractivity contribution is -0.131. The Morgan fingerprint density at radius 2 is 2.32 bits per heavy atom. The number of rotatable bonds is 3. The number of nitrogen functional groups attached to an aromatic ring is 1. The zero-order chi connectivity index (χ0) is 15.5. The second-order valence-electron chi connectivity index (χ2n) is 5.29. The van der Waals surface area contributed by atoms with Crippen LogP contribution in [0.2, 0.25) is 0 Å². The van der Waals surface area contributed by atoms with Gasteiger partial charge in [-0.3, -0.25) is 4.79 Å². The van der Waals surface area contributed by atoms with Crippen LogP contribution in [0.1, 0.15) is 16.8 Å². The van der Waals surface area contributed by atoms with E-state index < -0.39 is 0 Å². The minimum atomic E-state index is 0.0797. The van der Waals surface area contributed by atoms with Crippen LogP contribution in [-0.4, -0.2) is 34.4 Å². The largest absolute Gasteiger partial charge is 0.497 e. The van der Waals surface area contributed by atoms with Gasteiger partial charge in [-0.1, -0.05) is 12.1 Å². The van der Waals surface area contributed by atoms with E-state index in [9.17, 15) is 4.79 Å². The molecule has 1 aromatic carbocycles. The van der Waals surface area contributed by atoms with Crippen LogP contribution in [0.25, 0.3) is 0 Å². The van der Waals surface area contributed by atoms with Gasteiger partial charge in [0, 0.05) is 12.7 Å². The van der Waals surface area contributed by atoms with Crippen LogP contribution in [0.15, 0.2) is 30.5 Å². The summed E-state index contributed by atoms with van der Waals surface area (Å²) in [5.41, 5.74) is 8.48. The zero-order valence-electron chi connectivity index (χ0n) is 12.5. The highest BCUT2D eigenvalue weighted by atomic mass is 16.5. The molecular weight excluding hydrogens is 280 g/mol. The third kappa shape index (κ3) is 3.00. The summed E-state index contributed by atoms with van der Waals surface area (Å²) in [7, 11) is 1.62. The van der Waals surface area contributed by atoms with Crippen LogP contribution in [0, 0.1) is 0 Å². The van der Waals surface area contributed by atoms with E-state index in [0.29, 0.717) is 19.5 Å². The number of aromatic nitrogens is 2. The average molecular weight is 298 g/mol. The van der Waals surface area contributed by atoms with Crippen molar-refractivity contribution in [3.63, 3.8) is 0 Å². The summed E-state index contributed by atoms with van der Waals surface area (Å²) in [6.07, 6.45) is 2.87. The predicted molar refractivity (Wildman–Crippen MR) is 82.3 cm³/mol. The number of benzene rings is 1. The van der Waals surface area contributed by atoms with E-state index in [-0.39, 0.29) is 11.9 Å². The number of anilines is 1. The highest BCUT2D eigenvalue weighted by Crippen LogP contribution is 2.19. The summed E-state index contributed by atoms with van der Waals surface area (Å²) >= 11 is 0. The maximum Gasteiger partial charge on any atom is 0.227 e. The molecule has 0 saturated carbocycles. The van der Waals surface area contributed by atoms with Crippen LogP contribution < -0.4 is 10.5 Å². The standard InChI is InChI=1S/C16H18N4O2/c1-22-13-4-2-3-11(7-13)8-15(21)20-6-5-12-9-18-16(17)19-14(12)10-20/h2-4,7,9H,5-6,8,10H2,1H3,(H2,17,18,19). The maximum absolute atomic E-state index is 12.5. The minimum absolute atomic E-state index is 0.0797. The Morgan fingerprint density at radius 3 is 3.14 bits per heavy atom. The summed E-state index contributed by atoms with van der Waals surface area (Å²) in [6.45, 7) is 1.17. The Morgan fingerprint density at radius 1 is 1.45 bits per heavy atom. The van der Waals surface area contributed by atoms with Crippen molar-refractivity contribution in [2.75, 3.05) is 19.4 Å². The molecule has 6 heteroatoms. The topological polar surface area (TPSA) is 81.3 Å². The van der Waals surface area contributed by atoms with Crippen molar-refractivity contribution in [1.29, 1.82) is 0 Å². The number of hydrogen-bond donors (Lipinski definition) is 1. The Balaban J connectivity index is 1.71. The molecule has 2 N–H and O–H groups in total. The second-order valence-corrected chi connectivity index (χ2v) is 5.29. The van der Waals surface area contributed by atoms with Crippen molar-refractivity contribution in [3.8, 4) is 5.75 Å². The normalized spacial score (nSPS) is 13.6. The molecule has 0 fully saturated rings. The average Bonchev–Trinajstić information content (AvgIpc) is 2.54. The molecule has 1 aliphatic heterocycles. The summed E-state index contributed by atoms with van der Waals surface area (Å²) in [5.74, 6) is 1.09. The van der Waals surface area contributed by atoms with Gasteiger partial charge in [0.05, 0.1) is 25.8 Å². The highest BCUT2D eigenvalue weighted by Gasteiger charge is 2.22.